The largest absolute Gasteiger partial charge is 0.472 e. The van der Waals surface area contributed by atoms with Gasteiger partial charge in [-0.3, -0.25) is 9.05 Å². The van der Waals surface area contributed by atoms with Gasteiger partial charge < -0.3 is 19.2 Å². The van der Waals surface area contributed by atoms with E-state index in [0.717, 1.165) is 25.7 Å². The fourth-order valence-corrected chi connectivity index (χ4v) is 6.90. The topological polar surface area (TPSA) is 102 Å². The van der Waals surface area contributed by atoms with Crippen molar-refractivity contribution in [2.75, 3.05) is 40.9 Å². The van der Waals surface area contributed by atoms with Gasteiger partial charge in [-0.2, -0.15) is 0 Å². The van der Waals surface area contributed by atoms with Crippen molar-refractivity contribution in [3.63, 3.8) is 0 Å². The van der Waals surface area contributed by atoms with Crippen LogP contribution in [0.4, 0.5) is 0 Å². The maximum atomic E-state index is 12.9. The van der Waals surface area contributed by atoms with E-state index in [4.69, 9.17) is 13.8 Å². The lowest BCUT2D eigenvalue weighted by molar-refractivity contribution is -0.870. The van der Waals surface area contributed by atoms with Crippen molar-refractivity contribution >= 4 is 13.8 Å². The summed E-state index contributed by atoms with van der Waals surface area (Å²) in [5, 5.41) is 10.1. The van der Waals surface area contributed by atoms with Crippen LogP contribution in [0.25, 0.3) is 0 Å². The zero-order valence-corrected chi connectivity index (χ0v) is 36.7. The predicted octanol–water partition coefficient (Wildman–Crippen LogP) is 12.4. The minimum atomic E-state index is -4.45. The molecule has 0 saturated carbocycles. The number of carbonyl (C=O) groups excluding carboxylic acids is 1. The average molecular weight is 793 g/mol. The monoisotopic (exact) mass is 793 g/mol. The van der Waals surface area contributed by atoms with Crippen molar-refractivity contribution in [3.8, 4) is 0 Å². The summed E-state index contributed by atoms with van der Waals surface area (Å²) in [6.45, 7) is 4.49. The number of carbonyl (C=O) groups is 1. The quantitative estimate of drug-likeness (QED) is 0.0160. The fraction of sp³-hybridized carbons (Fsp3) is 0.717. The van der Waals surface area contributed by atoms with Crippen LogP contribution in [0.15, 0.2) is 72.9 Å². The molecule has 55 heavy (non-hydrogen) atoms. The highest BCUT2D eigenvalue weighted by Crippen LogP contribution is 2.46. The van der Waals surface area contributed by atoms with Crippen LogP contribution < -0.4 is 0 Å². The first-order chi connectivity index (χ1) is 26.5. The van der Waals surface area contributed by atoms with Crippen molar-refractivity contribution < 1.29 is 37.6 Å². The minimum Gasteiger partial charge on any atom is -0.454 e. The number of phosphoric acid groups is 1. The molecule has 0 aromatic rings. The smallest absolute Gasteiger partial charge is 0.454 e. The van der Waals surface area contributed by atoms with Gasteiger partial charge >= 0.3 is 13.8 Å². The molecule has 0 saturated heterocycles. The lowest BCUT2D eigenvalue weighted by Gasteiger charge is -2.28. The van der Waals surface area contributed by atoms with Gasteiger partial charge in [0.2, 0.25) is 0 Å². The molecule has 0 heterocycles. The van der Waals surface area contributed by atoms with Gasteiger partial charge in [0.05, 0.1) is 27.7 Å². The molecule has 0 amide bonds. The Kier molecular flexibility index (Phi) is 36.1. The molecule has 0 aliphatic heterocycles. The van der Waals surface area contributed by atoms with E-state index >= 15 is 0 Å². The Bertz CT molecular complexity index is 1120. The van der Waals surface area contributed by atoms with Crippen molar-refractivity contribution in [1.29, 1.82) is 0 Å². The number of rotatable bonds is 38. The average Bonchev–Trinajstić information content (AvgIpc) is 3.13. The maximum Gasteiger partial charge on any atom is 0.472 e. The first-order valence-electron chi connectivity index (χ1n) is 21.8. The van der Waals surface area contributed by atoms with Gasteiger partial charge in [-0.15, -0.1) is 0 Å². The second-order valence-electron chi connectivity index (χ2n) is 15.7. The Labute approximate surface area is 338 Å². The Balaban J connectivity index is 4.75. The number of phosphoric ester groups is 1. The summed E-state index contributed by atoms with van der Waals surface area (Å²) in [5.74, 6) is -0.675. The van der Waals surface area contributed by atoms with E-state index in [2.05, 4.69) is 26.0 Å². The Morgan fingerprint density at radius 2 is 1.02 bits per heavy atom. The third-order valence-corrected chi connectivity index (χ3v) is 10.4. The highest BCUT2D eigenvalue weighted by molar-refractivity contribution is 7.47. The van der Waals surface area contributed by atoms with E-state index in [1.165, 1.54) is 115 Å². The zero-order valence-electron chi connectivity index (χ0n) is 35.8. The molecule has 0 radical (unpaired) electrons. The summed E-state index contributed by atoms with van der Waals surface area (Å²) in [4.78, 5) is 23.1. The summed E-state index contributed by atoms with van der Waals surface area (Å²) in [6, 6.07) is 0. The number of nitrogens with zero attached hydrogens (tertiary/aromatic N) is 1. The van der Waals surface area contributed by atoms with Gasteiger partial charge in [0.15, 0.2) is 6.10 Å². The van der Waals surface area contributed by atoms with Crippen LogP contribution in [0.3, 0.4) is 0 Å². The maximum absolute atomic E-state index is 12.9. The summed E-state index contributed by atoms with van der Waals surface area (Å²) in [5.41, 5.74) is 0. The molecule has 0 spiro atoms. The van der Waals surface area contributed by atoms with Gasteiger partial charge in [0.1, 0.15) is 19.3 Å². The lowest BCUT2D eigenvalue weighted by atomic mass is 10.0. The number of unbranched alkanes of at least 4 members (excludes halogenated alkanes) is 20. The predicted molar refractivity (Wildman–Crippen MR) is 233 cm³/mol. The second-order valence-corrected chi connectivity index (χ2v) is 17.1. The second kappa shape index (κ2) is 37.5. The zero-order chi connectivity index (χ0) is 40.7. The molecule has 2 unspecified atom stereocenters. The van der Waals surface area contributed by atoms with E-state index in [1.807, 2.05) is 57.6 Å². The summed E-state index contributed by atoms with van der Waals surface area (Å²) >= 11 is 0. The molecular weight excluding hydrogens is 709 g/mol. The number of hydrogen-bond donors (Lipinski definition) is 2. The number of hydrogen-bond acceptors (Lipinski definition) is 6. The van der Waals surface area contributed by atoms with E-state index in [9.17, 15) is 19.4 Å². The van der Waals surface area contributed by atoms with Crippen LogP contribution in [-0.4, -0.2) is 73.6 Å². The molecule has 3 atom stereocenters. The number of likely N-dealkylation sites (N-methyl/N-ethyl adjacent to an activating group) is 1. The van der Waals surface area contributed by atoms with Crippen molar-refractivity contribution in [1.82, 2.24) is 0 Å². The molecule has 0 aliphatic carbocycles. The van der Waals surface area contributed by atoms with Gasteiger partial charge in [-0.05, 0) is 19.3 Å². The number of allylic oxidation sites excluding steroid dienone is 11. The van der Waals surface area contributed by atoms with Crippen LogP contribution in [0, 0.1) is 0 Å². The molecular formula is C46H83NO7P+. The van der Waals surface area contributed by atoms with Crippen LogP contribution in [0.5, 0.6) is 0 Å². The van der Waals surface area contributed by atoms with Crippen LogP contribution in [0.2, 0.25) is 0 Å². The van der Waals surface area contributed by atoms with Crippen LogP contribution in [0.1, 0.15) is 162 Å². The molecule has 0 bridgehead atoms. The molecule has 0 aliphatic rings. The van der Waals surface area contributed by atoms with E-state index in [-0.39, 0.29) is 6.61 Å². The molecule has 9 heteroatoms. The van der Waals surface area contributed by atoms with Crippen molar-refractivity contribution in [2.45, 2.75) is 174 Å². The highest BCUT2D eigenvalue weighted by atomic mass is 31.2. The molecule has 0 rings (SSSR count). The molecule has 0 aromatic heterocycles. The summed E-state index contributed by atoms with van der Waals surface area (Å²) in [6.07, 6.45) is 47.9. The lowest BCUT2D eigenvalue weighted by Crippen LogP contribution is -2.38. The third-order valence-electron chi connectivity index (χ3n) is 9.33. The molecule has 0 aromatic carbocycles. The minimum absolute atomic E-state index is 0.0270. The molecule has 8 nitrogen and oxygen atoms in total. The SMILES string of the molecule is CCCCCCCCCC=CC=CC=CC=CC=CC=CC(=O)O[C@@H](CO)C(CCCCCCCCCCCCCCCC)OP(=O)(O)OCC[N+](C)(C)C. The van der Waals surface area contributed by atoms with Gasteiger partial charge in [0, 0.05) is 6.08 Å². The normalized spacial score (nSPS) is 15.1. The van der Waals surface area contributed by atoms with Crippen molar-refractivity contribution in [2.24, 2.45) is 0 Å². The van der Waals surface area contributed by atoms with Gasteiger partial charge in [0.25, 0.3) is 0 Å². The molecule has 0 fully saturated rings. The first-order valence-corrected chi connectivity index (χ1v) is 23.3. The molecule has 318 valence electrons. The van der Waals surface area contributed by atoms with Crippen molar-refractivity contribution in [3.05, 3.63) is 72.9 Å². The van der Waals surface area contributed by atoms with Gasteiger partial charge in [-0.25, -0.2) is 9.36 Å². The van der Waals surface area contributed by atoms with E-state index < -0.39 is 32.6 Å². The Morgan fingerprint density at radius 1 is 0.600 bits per heavy atom. The highest BCUT2D eigenvalue weighted by Gasteiger charge is 2.34. The number of aliphatic hydroxyl groups is 1. The summed E-state index contributed by atoms with van der Waals surface area (Å²) in [7, 11) is 1.42. The molecule has 2 N–H and O–H groups in total. The van der Waals surface area contributed by atoms with Gasteiger partial charge in [-0.1, -0.05) is 209 Å². The van der Waals surface area contributed by atoms with E-state index in [1.54, 1.807) is 18.2 Å². The first kappa shape index (κ1) is 52.9. The Hall–Kier alpha value is -2.06. The van der Waals surface area contributed by atoms with E-state index in [0.29, 0.717) is 23.9 Å². The number of esters is 1. The fourth-order valence-electron chi connectivity index (χ4n) is 5.94. The standard InChI is InChI=1S/C46H82NO7P/c1-6-8-10-12-14-16-18-20-22-23-24-25-26-28-30-32-34-36-38-40-46(49)53-45(43-48)44(54-55(50,51)52-42-41-47(3,4)5)39-37-35-33-31-29-27-21-19-17-15-13-11-9-7-2/h22-26,28,30,32,34,36,38,40,44-45,48H,6-21,27,29,31,33,35,37,39,41-43H2,1-5H3/p+1/t44?,45-/m0/s1. The van der Waals surface area contributed by atoms with Crippen LogP contribution in [-0.2, 0) is 23.1 Å². The summed E-state index contributed by atoms with van der Waals surface area (Å²) < 4.78 is 29.7. The van der Waals surface area contributed by atoms with Crippen LogP contribution >= 0.6 is 7.82 Å². The third kappa shape index (κ3) is 38.6. The number of aliphatic hydroxyl groups excluding tert-OH is 1. The Morgan fingerprint density at radius 3 is 1.47 bits per heavy atom. The number of quaternary nitrogens is 1. The number of ether oxygens (including phenoxy) is 1.